The van der Waals surface area contributed by atoms with Gasteiger partial charge in [0, 0.05) is 22.9 Å². The van der Waals surface area contributed by atoms with Crippen molar-refractivity contribution in [3.05, 3.63) is 35.4 Å². The first-order chi connectivity index (χ1) is 10.7. The fraction of sp³-hybridized carbons (Fsp3) is 0.556. The predicted octanol–water partition coefficient (Wildman–Crippen LogP) is 2.75. The number of ether oxygens (including phenoxy) is 2. The third-order valence-corrected chi connectivity index (χ3v) is 6.69. The van der Waals surface area contributed by atoms with Crippen molar-refractivity contribution in [2.45, 2.75) is 35.8 Å². The van der Waals surface area contributed by atoms with Crippen LogP contribution in [0.1, 0.15) is 17.5 Å². The molecule has 3 nitrogen and oxygen atoms in total. The van der Waals surface area contributed by atoms with Crippen LogP contribution in [0.25, 0.3) is 0 Å². The Morgan fingerprint density at radius 1 is 1.36 bits per heavy atom. The number of halogens is 1. The Balaban J connectivity index is 1.82. The molecular formula is C18H20ClNO2. The largest absolute Gasteiger partial charge is 0.493 e. The highest BCUT2D eigenvalue weighted by Crippen LogP contribution is 2.62. The molecule has 0 unspecified atom stereocenters. The lowest BCUT2D eigenvalue weighted by Gasteiger charge is -2.56. The molecule has 2 bridgehead atoms. The SMILES string of the molecule is COc1ccc2c3c1O[C@@H]1[C@H](Cl)C=C[C@H]4[C@@H](C2)N(C)CC[C@]314. The van der Waals surface area contributed by atoms with Crippen molar-refractivity contribution in [2.75, 3.05) is 20.7 Å². The maximum absolute atomic E-state index is 6.66. The highest BCUT2D eigenvalue weighted by atomic mass is 35.5. The van der Waals surface area contributed by atoms with Gasteiger partial charge in [0.2, 0.25) is 0 Å². The topological polar surface area (TPSA) is 21.7 Å². The summed E-state index contributed by atoms with van der Waals surface area (Å²) in [6.45, 7) is 1.11. The molecular weight excluding hydrogens is 298 g/mol. The monoisotopic (exact) mass is 317 g/mol. The van der Waals surface area contributed by atoms with E-state index in [2.05, 4.69) is 36.2 Å². The lowest BCUT2D eigenvalue weighted by Crippen LogP contribution is -2.64. The number of alkyl halides is 1. The standard InChI is InChI=1S/C18H20ClNO2/c1-20-8-7-18-11-4-5-12(19)17(18)22-16-14(21-2)6-3-10(15(16)18)9-13(11)20/h3-6,11-13,17H,7-9H2,1-2H3/t11-,12+,13+,17+,18-/m0/s1. The summed E-state index contributed by atoms with van der Waals surface area (Å²) in [5.74, 6) is 2.29. The number of nitrogens with zero attached hydrogens (tertiary/aromatic N) is 1. The Morgan fingerprint density at radius 3 is 3.05 bits per heavy atom. The van der Waals surface area contributed by atoms with Crippen molar-refractivity contribution in [3.63, 3.8) is 0 Å². The average molecular weight is 318 g/mol. The Kier molecular flexibility index (Phi) is 2.54. The van der Waals surface area contributed by atoms with Gasteiger partial charge in [-0.3, -0.25) is 0 Å². The third-order valence-electron chi connectivity index (χ3n) is 6.32. The molecule has 0 amide bonds. The third kappa shape index (κ3) is 1.34. The van der Waals surface area contributed by atoms with E-state index < -0.39 is 0 Å². The molecule has 116 valence electrons. The minimum absolute atomic E-state index is 0.0331. The van der Waals surface area contributed by atoms with Crippen LogP contribution >= 0.6 is 11.6 Å². The second-order valence-electron chi connectivity index (χ2n) is 7.07. The first-order valence-electron chi connectivity index (χ1n) is 8.06. The summed E-state index contributed by atoms with van der Waals surface area (Å²) in [5, 5.41) is -0.0663. The van der Waals surface area contributed by atoms with Crippen LogP contribution in [0, 0.1) is 5.92 Å². The van der Waals surface area contributed by atoms with Crippen molar-refractivity contribution >= 4 is 11.6 Å². The van der Waals surface area contributed by atoms with Crippen LogP contribution in [0.4, 0.5) is 0 Å². The Morgan fingerprint density at radius 2 is 2.23 bits per heavy atom. The summed E-state index contributed by atoms with van der Waals surface area (Å²) < 4.78 is 12.0. The van der Waals surface area contributed by atoms with E-state index in [4.69, 9.17) is 21.1 Å². The van der Waals surface area contributed by atoms with E-state index >= 15 is 0 Å². The highest BCUT2D eigenvalue weighted by Gasteiger charge is 2.64. The van der Waals surface area contributed by atoms with Crippen LogP contribution in [0.3, 0.4) is 0 Å². The number of rotatable bonds is 1. The van der Waals surface area contributed by atoms with Gasteiger partial charge in [-0.2, -0.15) is 0 Å². The van der Waals surface area contributed by atoms with Gasteiger partial charge in [0.25, 0.3) is 0 Å². The fourth-order valence-electron chi connectivity index (χ4n) is 5.36. The number of likely N-dealkylation sites (N-methyl/N-ethyl adjacent to an activating group) is 1. The quantitative estimate of drug-likeness (QED) is 0.587. The van der Waals surface area contributed by atoms with Gasteiger partial charge in [0.1, 0.15) is 6.10 Å². The summed E-state index contributed by atoms with van der Waals surface area (Å²) in [7, 11) is 3.97. The molecule has 2 aliphatic carbocycles. The zero-order valence-electron chi connectivity index (χ0n) is 12.9. The Labute approximate surface area is 135 Å². The molecule has 0 saturated carbocycles. The second-order valence-corrected chi connectivity index (χ2v) is 7.57. The van der Waals surface area contributed by atoms with Crippen molar-refractivity contribution in [1.29, 1.82) is 0 Å². The van der Waals surface area contributed by atoms with Crippen LogP contribution in [-0.2, 0) is 11.8 Å². The van der Waals surface area contributed by atoms with E-state index in [1.807, 2.05) is 0 Å². The Hall–Kier alpha value is -1.19. The first kappa shape index (κ1) is 13.3. The molecule has 1 spiro atoms. The minimum Gasteiger partial charge on any atom is -0.493 e. The molecule has 4 heteroatoms. The van der Waals surface area contributed by atoms with E-state index in [-0.39, 0.29) is 16.9 Å². The normalized spacial score (nSPS) is 41.0. The second kappa shape index (κ2) is 4.21. The summed E-state index contributed by atoms with van der Waals surface area (Å²) in [4.78, 5) is 2.51. The lowest BCUT2D eigenvalue weighted by atomic mass is 9.53. The van der Waals surface area contributed by atoms with Crippen molar-refractivity contribution in [3.8, 4) is 11.5 Å². The molecule has 2 aliphatic heterocycles. The average Bonchev–Trinajstić information content (AvgIpc) is 2.88. The number of hydrogen-bond donors (Lipinski definition) is 0. The fourth-order valence-corrected chi connectivity index (χ4v) is 5.72. The van der Waals surface area contributed by atoms with Gasteiger partial charge >= 0.3 is 0 Å². The molecule has 1 aromatic carbocycles. The van der Waals surface area contributed by atoms with E-state index in [1.54, 1.807) is 7.11 Å². The van der Waals surface area contributed by atoms with Crippen LogP contribution in [0.2, 0.25) is 0 Å². The maximum Gasteiger partial charge on any atom is 0.165 e. The number of piperidine rings is 1. The molecule has 2 heterocycles. The minimum atomic E-state index is -0.0663. The highest BCUT2D eigenvalue weighted by molar-refractivity contribution is 6.22. The van der Waals surface area contributed by atoms with Gasteiger partial charge in [0.15, 0.2) is 11.5 Å². The van der Waals surface area contributed by atoms with Crippen molar-refractivity contribution in [1.82, 2.24) is 4.90 Å². The van der Waals surface area contributed by atoms with E-state index in [0.717, 1.165) is 30.9 Å². The van der Waals surface area contributed by atoms with Crippen LogP contribution < -0.4 is 9.47 Å². The van der Waals surface area contributed by atoms with Crippen LogP contribution in [-0.4, -0.2) is 43.1 Å². The molecule has 22 heavy (non-hydrogen) atoms. The predicted molar refractivity (Wildman–Crippen MR) is 86.1 cm³/mol. The van der Waals surface area contributed by atoms with Gasteiger partial charge in [-0.15, -0.1) is 11.6 Å². The molecule has 1 saturated heterocycles. The van der Waals surface area contributed by atoms with E-state index in [0.29, 0.717) is 12.0 Å². The molecule has 0 aromatic heterocycles. The van der Waals surface area contributed by atoms with E-state index in [1.165, 1.54) is 11.1 Å². The zero-order chi connectivity index (χ0) is 15.1. The molecule has 0 N–H and O–H groups in total. The summed E-state index contributed by atoms with van der Waals surface area (Å²) in [6, 6.07) is 4.83. The number of methoxy groups -OCH3 is 1. The van der Waals surface area contributed by atoms with Gasteiger partial charge in [-0.25, -0.2) is 0 Å². The first-order valence-corrected chi connectivity index (χ1v) is 8.50. The number of benzene rings is 1. The van der Waals surface area contributed by atoms with Gasteiger partial charge in [-0.05, 0) is 38.1 Å². The van der Waals surface area contributed by atoms with Gasteiger partial charge in [-0.1, -0.05) is 18.2 Å². The number of likely N-dealkylation sites (tertiary alicyclic amines) is 1. The van der Waals surface area contributed by atoms with Crippen molar-refractivity contribution < 1.29 is 9.47 Å². The van der Waals surface area contributed by atoms with Crippen LogP contribution in [0.5, 0.6) is 11.5 Å². The summed E-state index contributed by atoms with van der Waals surface area (Å²) >= 11 is 6.66. The van der Waals surface area contributed by atoms with Crippen LogP contribution in [0.15, 0.2) is 24.3 Å². The Bertz CT molecular complexity index is 688. The van der Waals surface area contributed by atoms with Crippen molar-refractivity contribution in [2.24, 2.45) is 5.92 Å². The summed E-state index contributed by atoms with van der Waals surface area (Å²) in [6.07, 6.45) is 6.73. The van der Waals surface area contributed by atoms with E-state index in [9.17, 15) is 0 Å². The summed E-state index contributed by atoms with van der Waals surface area (Å²) in [5.41, 5.74) is 2.85. The van der Waals surface area contributed by atoms with Gasteiger partial charge < -0.3 is 14.4 Å². The smallest absolute Gasteiger partial charge is 0.165 e. The lowest BCUT2D eigenvalue weighted by molar-refractivity contribution is 0.00341. The van der Waals surface area contributed by atoms with Gasteiger partial charge in [0.05, 0.1) is 12.5 Å². The molecule has 1 fully saturated rings. The maximum atomic E-state index is 6.66. The number of hydrogen-bond acceptors (Lipinski definition) is 3. The molecule has 1 aromatic rings. The molecule has 5 rings (SSSR count). The zero-order valence-corrected chi connectivity index (χ0v) is 13.6. The molecule has 5 atom stereocenters. The molecule has 0 radical (unpaired) electrons. The molecule has 4 aliphatic rings.